The van der Waals surface area contributed by atoms with Crippen molar-refractivity contribution in [2.75, 3.05) is 12.4 Å². The second-order valence-corrected chi connectivity index (χ2v) is 16.2. The minimum atomic E-state index is -4.47. The highest BCUT2D eigenvalue weighted by atomic mass is 32.2. The van der Waals surface area contributed by atoms with Gasteiger partial charge in [-0.3, -0.25) is 0 Å². The number of thiophene rings is 1. The lowest BCUT2D eigenvalue weighted by atomic mass is 9.94. The molecule has 0 saturated heterocycles. The molecule has 2 aromatic carbocycles. The van der Waals surface area contributed by atoms with Crippen molar-refractivity contribution in [1.29, 1.82) is 5.26 Å². The summed E-state index contributed by atoms with van der Waals surface area (Å²) >= 11 is -0.225. The summed E-state index contributed by atoms with van der Waals surface area (Å²) < 4.78 is 84.7. The number of nitriles is 1. The van der Waals surface area contributed by atoms with Gasteiger partial charge in [0.2, 0.25) is 0 Å². The number of hydrogen-bond donors (Lipinski definition) is 1. The first-order valence-electron chi connectivity index (χ1n) is 11.3. The second-order valence-electron chi connectivity index (χ2n) is 10.6. The first kappa shape index (κ1) is 29.5. The van der Waals surface area contributed by atoms with E-state index in [-0.39, 0.29) is 5.75 Å². The molecule has 0 spiro atoms. The van der Waals surface area contributed by atoms with E-state index in [4.69, 9.17) is 4.74 Å². The molecular weight excluding hydrogens is 545 g/mol. The van der Waals surface area contributed by atoms with E-state index in [1.54, 1.807) is 52.0 Å². The Morgan fingerprint density at radius 1 is 1.03 bits per heavy atom. The normalized spacial score (nSPS) is 15.9. The Morgan fingerprint density at radius 2 is 1.59 bits per heavy atom. The number of ether oxygens (including phenoxy) is 1. The average Bonchev–Trinajstić information content (AvgIpc) is 3.13. The van der Waals surface area contributed by atoms with Crippen LogP contribution in [0.15, 0.2) is 36.4 Å². The van der Waals surface area contributed by atoms with Crippen molar-refractivity contribution < 1.29 is 30.9 Å². The lowest BCUT2D eigenvalue weighted by Crippen LogP contribution is -2.54. The zero-order valence-corrected chi connectivity index (χ0v) is 23.8. The summed E-state index contributed by atoms with van der Waals surface area (Å²) in [5, 5.41) is 10.8. The molecule has 0 aliphatic heterocycles. The van der Waals surface area contributed by atoms with E-state index in [9.17, 15) is 31.4 Å². The minimum Gasteiger partial charge on any atom is -0.598 e. The lowest BCUT2D eigenvalue weighted by Gasteiger charge is -2.36. The van der Waals surface area contributed by atoms with Gasteiger partial charge in [0, 0.05) is 31.5 Å². The Bertz CT molecular complexity index is 1450. The third-order valence-electron chi connectivity index (χ3n) is 5.88. The highest BCUT2D eigenvalue weighted by Crippen LogP contribution is 2.39. The van der Waals surface area contributed by atoms with Gasteiger partial charge in [-0.2, -0.15) is 18.4 Å². The number of nitrogens with zero attached hydrogens (tertiary/aromatic N) is 1. The molecule has 0 radical (unpaired) electrons. The number of alkyl halides is 3. The molecule has 37 heavy (non-hydrogen) atoms. The summed E-state index contributed by atoms with van der Waals surface area (Å²) in [5.41, 5.74) is -0.839. The van der Waals surface area contributed by atoms with Crippen molar-refractivity contribution in [3.63, 3.8) is 0 Å². The summed E-state index contributed by atoms with van der Waals surface area (Å²) in [4.78, 5) is 0. The molecule has 0 aliphatic carbocycles. The highest BCUT2D eigenvalue weighted by Gasteiger charge is 2.45. The molecule has 12 heteroatoms. The number of rotatable bonds is 8. The van der Waals surface area contributed by atoms with Crippen LogP contribution in [0.4, 0.5) is 13.2 Å². The Labute approximate surface area is 222 Å². The van der Waals surface area contributed by atoms with Crippen LogP contribution in [0.1, 0.15) is 47.1 Å². The van der Waals surface area contributed by atoms with Crippen LogP contribution < -0.4 is 9.46 Å². The van der Waals surface area contributed by atoms with E-state index in [0.717, 1.165) is 9.40 Å². The topological polar surface area (TPSA) is 102 Å². The van der Waals surface area contributed by atoms with Crippen LogP contribution in [0.2, 0.25) is 0 Å². The molecule has 1 aromatic heterocycles. The van der Waals surface area contributed by atoms with Crippen molar-refractivity contribution in [3.05, 3.63) is 42.0 Å². The van der Waals surface area contributed by atoms with Crippen LogP contribution >= 0.6 is 11.3 Å². The molecule has 1 N–H and O–H groups in total. The second kappa shape index (κ2) is 9.93. The first-order valence-corrected chi connectivity index (χ1v) is 14.9. The zero-order chi connectivity index (χ0) is 28.0. The molecule has 2 atom stereocenters. The van der Waals surface area contributed by atoms with Crippen molar-refractivity contribution in [2.24, 2.45) is 0 Å². The van der Waals surface area contributed by atoms with E-state index >= 15 is 0 Å². The summed E-state index contributed by atoms with van der Waals surface area (Å²) in [6, 6.07) is 11.8. The van der Waals surface area contributed by atoms with Gasteiger partial charge >= 0.3 is 6.18 Å². The Hall–Kier alpha value is -2.04. The predicted octanol–water partition coefficient (Wildman–Crippen LogP) is 5.98. The number of halogens is 3. The quantitative estimate of drug-likeness (QED) is 0.332. The molecule has 3 aromatic rings. The van der Waals surface area contributed by atoms with Gasteiger partial charge in [0.1, 0.15) is 10.5 Å². The van der Waals surface area contributed by atoms with Crippen LogP contribution in [-0.4, -0.2) is 41.0 Å². The molecule has 0 bridgehead atoms. The van der Waals surface area contributed by atoms with E-state index in [0.29, 0.717) is 16.3 Å². The minimum absolute atomic E-state index is 0.0583. The van der Waals surface area contributed by atoms with Gasteiger partial charge in [0.15, 0.2) is 21.2 Å². The number of nitrogens with one attached hydrogen (secondary N) is 1. The van der Waals surface area contributed by atoms with Crippen LogP contribution in [0.3, 0.4) is 0 Å². The molecule has 0 fully saturated rings. The number of sulfone groups is 1. The summed E-state index contributed by atoms with van der Waals surface area (Å²) in [7, 11) is -4.00. The van der Waals surface area contributed by atoms with Crippen LogP contribution in [0.5, 0.6) is 5.75 Å². The van der Waals surface area contributed by atoms with Crippen LogP contribution in [-0.2, 0) is 26.7 Å². The van der Waals surface area contributed by atoms with Gasteiger partial charge in [0.05, 0.1) is 17.4 Å². The summed E-state index contributed by atoms with van der Waals surface area (Å²) in [5.74, 6) is -0.446. The molecule has 1 unspecified atom stereocenters. The van der Waals surface area contributed by atoms with Gasteiger partial charge in [-0.1, -0.05) is 6.07 Å². The monoisotopic (exact) mass is 574 g/mol. The van der Waals surface area contributed by atoms with Crippen molar-refractivity contribution in [1.82, 2.24) is 4.72 Å². The predicted molar refractivity (Wildman–Crippen MR) is 143 cm³/mol. The molecule has 6 nitrogen and oxygen atoms in total. The summed E-state index contributed by atoms with van der Waals surface area (Å²) in [6.07, 6.45) is -4.47. The molecule has 1 heterocycles. The highest BCUT2D eigenvalue weighted by molar-refractivity contribution is 7.93. The largest absolute Gasteiger partial charge is 0.598 e. The van der Waals surface area contributed by atoms with Gasteiger partial charge in [-0.05, 0) is 77.4 Å². The van der Waals surface area contributed by atoms with Crippen molar-refractivity contribution >= 4 is 52.7 Å². The molecule has 0 amide bonds. The van der Waals surface area contributed by atoms with E-state index < -0.39 is 54.8 Å². The van der Waals surface area contributed by atoms with Crippen LogP contribution in [0, 0.1) is 11.3 Å². The first-order chi connectivity index (χ1) is 16.8. The van der Waals surface area contributed by atoms with E-state index in [1.807, 2.05) is 6.07 Å². The maximum Gasteiger partial charge on any atom is 0.422 e. The zero-order valence-electron chi connectivity index (χ0n) is 21.3. The Kier molecular flexibility index (Phi) is 7.92. The van der Waals surface area contributed by atoms with Crippen LogP contribution in [0.25, 0.3) is 20.2 Å². The molecule has 202 valence electrons. The third kappa shape index (κ3) is 6.52. The fraction of sp³-hybridized carbons (Fsp3) is 0.480. The fourth-order valence-corrected chi connectivity index (χ4v) is 7.08. The average molecular weight is 575 g/mol. The third-order valence-corrected chi connectivity index (χ3v) is 11.4. The smallest absolute Gasteiger partial charge is 0.422 e. The van der Waals surface area contributed by atoms with E-state index in [2.05, 4.69) is 4.72 Å². The van der Waals surface area contributed by atoms with Gasteiger partial charge < -0.3 is 9.29 Å². The van der Waals surface area contributed by atoms with Crippen molar-refractivity contribution in [3.8, 4) is 11.8 Å². The van der Waals surface area contributed by atoms with Crippen molar-refractivity contribution in [2.45, 2.75) is 62.8 Å². The number of fused-ring (bicyclic) bond motifs is 3. The lowest BCUT2D eigenvalue weighted by molar-refractivity contribution is -0.153. The fourth-order valence-electron chi connectivity index (χ4n) is 3.51. The number of benzene rings is 2. The summed E-state index contributed by atoms with van der Waals surface area (Å²) in [6.45, 7) is 8.10. The van der Waals surface area contributed by atoms with Gasteiger partial charge in [-0.15, -0.1) is 16.1 Å². The van der Waals surface area contributed by atoms with Gasteiger partial charge in [-0.25, -0.2) is 8.42 Å². The Morgan fingerprint density at radius 3 is 2.14 bits per heavy atom. The SMILES string of the molecule is CC(CS(=O)(=O)C(C)(C)C#N)(N[S@+]([O-])C(C)(C)C)c1ccc2sc3ccc(OCC(F)(F)F)cc3c2c1. The maximum atomic E-state index is 13.3. The molecular formula is C25H29F3N2O4S3. The molecule has 3 rings (SSSR count). The standard InChI is InChI=1S/C25H29F3N2O4S3/c1-22(2,3)36(31)30-24(6,15-37(32,33)23(4,5)13-29)16-7-9-20-18(11-16)19-12-17(8-10-21(19)35-20)34-14-25(26,27)28/h7-12,30H,14-15H2,1-6H3/t24?,36-/m1/s1. The molecule has 0 saturated carbocycles. The van der Waals surface area contributed by atoms with Gasteiger partial charge in [0.25, 0.3) is 0 Å². The maximum absolute atomic E-state index is 13.3. The van der Waals surface area contributed by atoms with E-state index in [1.165, 1.54) is 37.3 Å². The number of hydrogen-bond acceptors (Lipinski definition) is 7. The molecule has 0 aliphatic rings. The Balaban J connectivity index is 2.15.